The third kappa shape index (κ3) is 5.43. The van der Waals surface area contributed by atoms with E-state index in [0.29, 0.717) is 13.0 Å². The highest BCUT2D eigenvalue weighted by molar-refractivity contribution is 5.74. The van der Waals surface area contributed by atoms with Gasteiger partial charge in [-0.3, -0.25) is 4.90 Å². The molecule has 0 aromatic heterocycles. The molecule has 2 amide bonds. The van der Waals surface area contributed by atoms with Gasteiger partial charge in [0.25, 0.3) is 0 Å². The fourth-order valence-electron chi connectivity index (χ4n) is 3.93. The van der Waals surface area contributed by atoms with Crippen LogP contribution >= 0.6 is 0 Å². The molecule has 2 aliphatic rings. The van der Waals surface area contributed by atoms with Crippen LogP contribution in [0.3, 0.4) is 0 Å². The molecular formula is C17H33N3O2. The third-order valence-corrected chi connectivity index (χ3v) is 4.97. The van der Waals surface area contributed by atoms with Gasteiger partial charge in [0.2, 0.25) is 0 Å². The molecule has 0 bridgehead atoms. The molecule has 128 valence electrons. The quantitative estimate of drug-likeness (QED) is 0.704. The van der Waals surface area contributed by atoms with Crippen molar-refractivity contribution < 1.29 is 9.90 Å². The fraction of sp³-hybridized carbons (Fsp3) is 0.941. The van der Waals surface area contributed by atoms with Crippen LogP contribution in [0, 0.1) is 5.41 Å². The molecule has 3 N–H and O–H groups in total. The number of hydrogen-bond acceptors (Lipinski definition) is 3. The summed E-state index contributed by atoms with van der Waals surface area (Å²) in [5.74, 6) is 0. The predicted molar refractivity (Wildman–Crippen MR) is 88.8 cm³/mol. The number of likely N-dealkylation sites (tertiary alicyclic amines) is 1. The van der Waals surface area contributed by atoms with Gasteiger partial charge in [-0.1, -0.05) is 26.7 Å². The van der Waals surface area contributed by atoms with Gasteiger partial charge < -0.3 is 15.7 Å². The van der Waals surface area contributed by atoms with E-state index in [-0.39, 0.29) is 23.6 Å². The number of aliphatic hydroxyl groups excluding tert-OH is 1. The zero-order valence-corrected chi connectivity index (χ0v) is 14.4. The van der Waals surface area contributed by atoms with E-state index >= 15 is 0 Å². The second-order valence-electron chi connectivity index (χ2n) is 7.96. The molecule has 1 saturated heterocycles. The van der Waals surface area contributed by atoms with Gasteiger partial charge in [-0.2, -0.15) is 0 Å². The number of aliphatic hydroxyl groups is 1. The van der Waals surface area contributed by atoms with Crippen LogP contribution in [0.1, 0.15) is 59.3 Å². The number of rotatable bonds is 6. The van der Waals surface area contributed by atoms with Gasteiger partial charge in [0, 0.05) is 31.7 Å². The highest BCUT2D eigenvalue weighted by atomic mass is 16.3. The van der Waals surface area contributed by atoms with E-state index < -0.39 is 0 Å². The summed E-state index contributed by atoms with van der Waals surface area (Å²) >= 11 is 0. The van der Waals surface area contributed by atoms with Crippen molar-refractivity contribution in [1.82, 2.24) is 15.5 Å². The smallest absolute Gasteiger partial charge is 0.315 e. The number of carbonyl (C=O) groups is 1. The lowest BCUT2D eigenvalue weighted by Gasteiger charge is -2.27. The Kier molecular flexibility index (Phi) is 6.09. The number of carbonyl (C=O) groups excluding carboxylic acids is 1. The lowest BCUT2D eigenvalue weighted by atomic mass is 9.87. The van der Waals surface area contributed by atoms with Gasteiger partial charge >= 0.3 is 6.03 Å². The molecule has 2 atom stereocenters. The molecule has 5 heteroatoms. The molecule has 0 unspecified atom stereocenters. The van der Waals surface area contributed by atoms with E-state index in [0.717, 1.165) is 25.6 Å². The molecule has 0 spiro atoms. The lowest BCUT2D eigenvalue weighted by molar-refractivity contribution is 0.128. The molecule has 1 aliphatic heterocycles. The Morgan fingerprint density at radius 2 is 2.00 bits per heavy atom. The lowest BCUT2D eigenvalue weighted by Crippen LogP contribution is -2.46. The maximum Gasteiger partial charge on any atom is 0.315 e. The minimum absolute atomic E-state index is 0.0723. The van der Waals surface area contributed by atoms with Gasteiger partial charge in [-0.25, -0.2) is 4.79 Å². The minimum atomic E-state index is -0.338. The van der Waals surface area contributed by atoms with Crippen molar-refractivity contribution in [2.75, 3.05) is 19.6 Å². The Hall–Kier alpha value is -0.810. The van der Waals surface area contributed by atoms with Crippen molar-refractivity contribution >= 4 is 6.03 Å². The maximum atomic E-state index is 12.1. The van der Waals surface area contributed by atoms with Crippen LogP contribution in [0.15, 0.2) is 0 Å². The second kappa shape index (κ2) is 7.64. The summed E-state index contributed by atoms with van der Waals surface area (Å²) in [6, 6.07) is 0.956. The minimum Gasteiger partial charge on any atom is -0.393 e. The van der Waals surface area contributed by atoms with E-state index in [2.05, 4.69) is 29.4 Å². The van der Waals surface area contributed by atoms with E-state index in [1.807, 2.05) is 0 Å². The Bertz CT molecular complexity index is 365. The number of nitrogens with one attached hydrogen (secondary N) is 2. The standard InChI is InChI=1S/C17H33N3O2/c1-13(21)10-17(2,3)12-18-16(22)19-14-8-9-20(11-14)15-6-4-5-7-15/h13-15,21H,4-12H2,1-3H3,(H2,18,19,22)/t13-,14-/m0/s1. The molecule has 22 heavy (non-hydrogen) atoms. The van der Waals surface area contributed by atoms with Gasteiger partial charge in [0.05, 0.1) is 6.10 Å². The number of urea groups is 1. The molecule has 5 nitrogen and oxygen atoms in total. The largest absolute Gasteiger partial charge is 0.393 e. The van der Waals surface area contributed by atoms with E-state index in [1.54, 1.807) is 6.92 Å². The first-order chi connectivity index (χ1) is 10.4. The highest BCUT2D eigenvalue weighted by Crippen LogP contribution is 2.26. The van der Waals surface area contributed by atoms with Crippen LogP contribution in [0.5, 0.6) is 0 Å². The second-order valence-corrected chi connectivity index (χ2v) is 7.96. The molecule has 1 saturated carbocycles. The van der Waals surface area contributed by atoms with Crippen LogP contribution in [0.4, 0.5) is 4.79 Å². The summed E-state index contributed by atoms with van der Waals surface area (Å²) < 4.78 is 0. The first kappa shape index (κ1) is 17.5. The predicted octanol–water partition coefficient (Wildman–Crippen LogP) is 2.10. The summed E-state index contributed by atoms with van der Waals surface area (Å²) in [7, 11) is 0. The van der Waals surface area contributed by atoms with Crippen LogP contribution in [0.25, 0.3) is 0 Å². The topological polar surface area (TPSA) is 64.6 Å². The average molecular weight is 311 g/mol. The monoisotopic (exact) mass is 311 g/mol. The first-order valence-corrected chi connectivity index (χ1v) is 8.82. The van der Waals surface area contributed by atoms with Crippen LogP contribution in [0.2, 0.25) is 0 Å². The van der Waals surface area contributed by atoms with Crippen molar-refractivity contribution in [3.05, 3.63) is 0 Å². The Labute approximate surface area is 134 Å². The maximum absolute atomic E-state index is 12.1. The fourth-order valence-corrected chi connectivity index (χ4v) is 3.93. The van der Waals surface area contributed by atoms with Crippen LogP contribution < -0.4 is 10.6 Å². The highest BCUT2D eigenvalue weighted by Gasteiger charge is 2.30. The molecule has 1 aliphatic carbocycles. The summed E-state index contributed by atoms with van der Waals surface area (Å²) in [6.07, 6.45) is 6.78. The van der Waals surface area contributed by atoms with Crippen molar-refractivity contribution in [3.63, 3.8) is 0 Å². The number of hydrogen-bond donors (Lipinski definition) is 3. The van der Waals surface area contributed by atoms with Gasteiger partial charge in [-0.05, 0) is 38.0 Å². The Morgan fingerprint density at radius 3 is 2.64 bits per heavy atom. The average Bonchev–Trinajstić information content (AvgIpc) is 3.05. The van der Waals surface area contributed by atoms with Gasteiger partial charge in [-0.15, -0.1) is 0 Å². The molecule has 0 radical (unpaired) electrons. The van der Waals surface area contributed by atoms with Crippen molar-refractivity contribution in [2.24, 2.45) is 5.41 Å². The van der Waals surface area contributed by atoms with Gasteiger partial charge in [0.15, 0.2) is 0 Å². The molecule has 0 aromatic carbocycles. The SMILES string of the molecule is C[C@H](O)CC(C)(C)CNC(=O)N[C@H]1CCN(C2CCCC2)C1. The summed E-state index contributed by atoms with van der Waals surface area (Å²) in [4.78, 5) is 14.6. The van der Waals surface area contributed by atoms with Crippen LogP contribution in [-0.4, -0.2) is 53.9 Å². The Balaban J connectivity index is 1.67. The third-order valence-electron chi connectivity index (χ3n) is 4.97. The van der Waals surface area contributed by atoms with Crippen molar-refractivity contribution in [1.29, 1.82) is 0 Å². The zero-order chi connectivity index (χ0) is 16.2. The molecular weight excluding hydrogens is 278 g/mol. The summed E-state index contributed by atoms with van der Waals surface area (Å²) in [5.41, 5.74) is -0.0862. The number of amides is 2. The first-order valence-electron chi connectivity index (χ1n) is 8.82. The molecule has 1 heterocycles. The van der Waals surface area contributed by atoms with Crippen molar-refractivity contribution in [2.45, 2.75) is 77.5 Å². The van der Waals surface area contributed by atoms with Crippen LogP contribution in [-0.2, 0) is 0 Å². The van der Waals surface area contributed by atoms with Gasteiger partial charge in [0.1, 0.15) is 0 Å². The Morgan fingerprint density at radius 1 is 1.32 bits per heavy atom. The summed E-state index contributed by atoms with van der Waals surface area (Å²) in [6.45, 7) is 8.62. The zero-order valence-electron chi connectivity index (χ0n) is 14.4. The van der Waals surface area contributed by atoms with Crippen molar-refractivity contribution in [3.8, 4) is 0 Å². The molecule has 2 rings (SSSR count). The van der Waals surface area contributed by atoms with E-state index in [9.17, 15) is 9.90 Å². The normalized spacial score (nSPS) is 25.4. The molecule has 0 aromatic rings. The van der Waals surface area contributed by atoms with E-state index in [4.69, 9.17) is 0 Å². The van der Waals surface area contributed by atoms with E-state index in [1.165, 1.54) is 25.7 Å². The molecule has 2 fully saturated rings. The summed E-state index contributed by atoms with van der Waals surface area (Å²) in [5, 5.41) is 15.5. The number of nitrogens with zero attached hydrogens (tertiary/aromatic N) is 1.